The zero-order valence-corrected chi connectivity index (χ0v) is 29.8. The standard InChI is InChI=1S/C50H33N5/c1-5-18-35(19-6-1)48-52-49(36-20-7-2-8-21-36)54-50(53-48)38-23-15-22-37(33-38)46-43-32-31-34-17-13-14-28-41(34)45(43)42-29-16-30-44(47(42)51-46)55(39-24-9-3-10-25-39)40-26-11-4-12-27-40/h1-33H. The van der Waals surface area contributed by atoms with Crippen LogP contribution in [0.1, 0.15) is 0 Å². The Labute approximate surface area is 318 Å². The predicted octanol–water partition coefficient (Wildman–Crippen LogP) is 12.9. The predicted molar refractivity (Wildman–Crippen MR) is 227 cm³/mol. The summed E-state index contributed by atoms with van der Waals surface area (Å²) in [5, 5.41) is 5.72. The smallest absolute Gasteiger partial charge is 0.164 e. The molecule has 0 saturated heterocycles. The van der Waals surface area contributed by atoms with Crippen molar-refractivity contribution in [1.29, 1.82) is 0 Å². The molecule has 0 amide bonds. The van der Waals surface area contributed by atoms with Crippen molar-refractivity contribution in [2.75, 3.05) is 4.90 Å². The highest BCUT2D eigenvalue weighted by molar-refractivity contribution is 6.24. The topological polar surface area (TPSA) is 54.8 Å². The summed E-state index contributed by atoms with van der Waals surface area (Å²) >= 11 is 0. The molecule has 258 valence electrons. The van der Waals surface area contributed by atoms with E-state index in [0.717, 1.165) is 61.3 Å². The first-order valence-electron chi connectivity index (χ1n) is 18.4. The highest BCUT2D eigenvalue weighted by Crippen LogP contribution is 2.43. The number of pyridine rings is 1. The molecule has 5 nitrogen and oxygen atoms in total. The molecular weight excluding hydrogens is 671 g/mol. The van der Waals surface area contributed by atoms with E-state index < -0.39 is 0 Å². The van der Waals surface area contributed by atoms with Crippen LogP contribution in [0, 0.1) is 0 Å². The maximum atomic E-state index is 5.62. The van der Waals surface area contributed by atoms with E-state index in [1.807, 2.05) is 60.7 Å². The van der Waals surface area contributed by atoms with Gasteiger partial charge in [0.2, 0.25) is 0 Å². The molecule has 10 aromatic rings. The zero-order valence-electron chi connectivity index (χ0n) is 29.8. The van der Waals surface area contributed by atoms with E-state index in [0.29, 0.717) is 17.5 Å². The van der Waals surface area contributed by atoms with Gasteiger partial charge in [-0.3, -0.25) is 0 Å². The third kappa shape index (κ3) is 5.94. The minimum absolute atomic E-state index is 0.602. The minimum Gasteiger partial charge on any atom is -0.308 e. The van der Waals surface area contributed by atoms with E-state index in [1.54, 1.807) is 0 Å². The van der Waals surface area contributed by atoms with Crippen LogP contribution in [0.5, 0.6) is 0 Å². The van der Waals surface area contributed by atoms with Gasteiger partial charge in [0, 0.05) is 49.8 Å². The van der Waals surface area contributed by atoms with E-state index >= 15 is 0 Å². The van der Waals surface area contributed by atoms with Gasteiger partial charge in [-0.05, 0) is 47.2 Å². The van der Waals surface area contributed by atoms with Crippen LogP contribution in [0.3, 0.4) is 0 Å². The molecule has 0 spiro atoms. The molecule has 0 fully saturated rings. The van der Waals surface area contributed by atoms with E-state index in [9.17, 15) is 0 Å². The molecule has 55 heavy (non-hydrogen) atoms. The van der Waals surface area contributed by atoms with Gasteiger partial charge < -0.3 is 4.90 Å². The molecule has 5 heteroatoms. The van der Waals surface area contributed by atoms with Crippen LogP contribution in [0.15, 0.2) is 200 Å². The summed E-state index contributed by atoms with van der Waals surface area (Å²) in [5.74, 6) is 1.86. The second kappa shape index (κ2) is 13.8. The lowest BCUT2D eigenvalue weighted by atomic mass is 9.94. The molecule has 0 atom stereocenters. The Balaban J connectivity index is 1.23. The van der Waals surface area contributed by atoms with Crippen LogP contribution in [-0.4, -0.2) is 19.9 Å². The fourth-order valence-electron chi connectivity index (χ4n) is 7.51. The number of para-hydroxylation sites is 3. The molecular formula is C50H33N5. The summed E-state index contributed by atoms with van der Waals surface area (Å²) in [6.45, 7) is 0. The number of nitrogens with zero attached hydrogens (tertiary/aromatic N) is 5. The largest absolute Gasteiger partial charge is 0.308 e. The normalized spacial score (nSPS) is 11.3. The average molecular weight is 704 g/mol. The van der Waals surface area contributed by atoms with Crippen molar-refractivity contribution in [1.82, 2.24) is 19.9 Å². The van der Waals surface area contributed by atoms with Crippen molar-refractivity contribution in [3.05, 3.63) is 200 Å². The van der Waals surface area contributed by atoms with Gasteiger partial charge in [-0.1, -0.05) is 164 Å². The van der Waals surface area contributed by atoms with Crippen LogP contribution in [-0.2, 0) is 0 Å². The first kappa shape index (κ1) is 32.2. The number of aromatic nitrogens is 4. The van der Waals surface area contributed by atoms with Gasteiger partial charge in [0.1, 0.15) is 0 Å². The maximum absolute atomic E-state index is 5.62. The number of anilines is 3. The number of benzene rings is 8. The number of fused-ring (bicyclic) bond motifs is 5. The minimum atomic E-state index is 0.602. The number of hydrogen-bond acceptors (Lipinski definition) is 5. The summed E-state index contributed by atoms with van der Waals surface area (Å²) < 4.78 is 0. The molecule has 0 N–H and O–H groups in total. The van der Waals surface area contributed by atoms with Crippen molar-refractivity contribution in [3.8, 4) is 45.4 Å². The summed E-state index contributed by atoms with van der Waals surface area (Å²) in [5.41, 5.74) is 8.65. The molecule has 2 heterocycles. The molecule has 0 unspecified atom stereocenters. The van der Waals surface area contributed by atoms with Crippen LogP contribution in [0.4, 0.5) is 17.1 Å². The maximum Gasteiger partial charge on any atom is 0.164 e. The van der Waals surface area contributed by atoms with Crippen molar-refractivity contribution in [2.24, 2.45) is 0 Å². The van der Waals surface area contributed by atoms with E-state index in [4.69, 9.17) is 19.9 Å². The average Bonchev–Trinajstić information content (AvgIpc) is 3.27. The van der Waals surface area contributed by atoms with Gasteiger partial charge in [0.25, 0.3) is 0 Å². The Kier molecular flexibility index (Phi) is 8.08. The number of rotatable bonds is 7. The first-order chi connectivity index (χ1) is 27.3. The monoisotopic (exact) mass is 703 g/mol. The molecule has 2 aromatic heterocycles. The number of hydrogen-bond donors (Lipinski definition) is 0. The van der Waals surface area contributed by atoms with Crippen LogP contribution in [0.2, 0.25) is 0 Å². The molecule has 0 saturated carbocycles. The molecule has 10 rings (SSSR count). The lowest BCUT2D eigenvalue weighted by molar-refractivity contribution is 1.07. The summed E-state index contributed by atoms with van der Waals surface area (Å²) in [6.07, 6.45) is 0. The lowest BCUT2D eigenvalue weighted by Crippen LogP contribution is -2.11. The van der Waals surface area contributed by atoms with Gasteiger partial charge in [0.05, 0.1) is 16.9 Å². The second-order valence-electron chi connectivity index (χ2n) is 13.5. The van der Waals surface area contributed by atoms with E-state index in [2.05, 4.69) is 144 Å². The molecule has 0 radical (unpaired) electrons. The van der Waals surface area contributed by atoms with Gasteiger partial charge in [-0.25, -0.2) is 19.9 Å². The van der Waals surface area contributed by atoms with Crippen molar-refractivity contribution in [3.63, 3.8) is 0 Å². The lowest BCUT2D eigenvalue weighted by Gasteiger charge is -2.27. The fraction of sp³-hybridized carbons (Fsp3) is 0. The van der Waals surface area contributed by atoms with Crippen molar-refractivity contribution in [2.45, 2.75) is 0 Å². The Morgan fingerprint density at radius 2 is 0.818 bits per heavy atom. The molecule has 0 aliphatic carbocycles. The summed E-state index contributed by atoms with van der Waals surface area (Å²) in [6, 6.07) is 69.2. The van der Waals surface area contributed by atoms with Gasteiger partial charge >= 0.3 is 0 Å². The Morgan fingerprint density at radius 3 is 1.45 bits per heavy atom. The van der Waals surface area contributed by atoms with Crippen LogP contribution < -0.4 is 4.90 Å². The highest BCUT2D eigenvalue weighted by Gasteiger charge is 2.21. The van der Waals surface area contributed by atoms with Crippen LogP contribution in [0.25, 0.3) is 77.9 Å². The molecule has 0 aliphatic rings. The van der Waals surface area contributed by atoms with Gasteiger partial charge in [-0.2, -0.15) is 0 Å². The second-order valence-corrected chi connectivity index (χ2v) is 13.5. The summed E-state index contributed by atoms with van der Waals surface area (Å²) in [7, 11) is 0. The molecule has 0 aliphatic heterocycles. The Hall–Kier alpha value is -7.50. The van der Waals surface area contributed by atoms with E-state index in [1.165, 1.54) is 16.2 Å². The SMILES string of the molecule is c1ccc(-c2nc(-c3ccccc3)nc(-c3cccc(-c4nc5c(N(c6ccccc6)c6ccccc6)cccc5c5c4ccc4ccccc45)c3)n2)cc1. The Morgan fingerprint density at radius 1 is 0.327 bits per heavy atom. The Bertz CT molecular complexity index is 2870. The molecule has 0 bridgehead atoms. The van der Waals surface area contributed by atoms with Crippen molar-refractivity contribution < 1.29 is 0 Å². The zero-order chi connectivity index (χ0) is 36.6. The third-order valence-corrected chi connectivity index (χ3v) is 10.1. The van der Waals surface area contributed by atoms with Gasteiger partial charge in [-0.15, -0.1) is 0 Å². The van der Waals surface area contributed by atoms with Crippen LogP contribution >= 0.6 is 0 Å². The fourth-order valence-corrected chi connectivity index (χ4v) is 7.51. The van der Waals surface area contributed by atoms with Crippen molar-refractivity contribution >= 4 is 49.5 Å². The van der Waals surface area contributed by atoms with E-state index in [-0.39, 0.29) is 0 Å². The molecule has 8 aromatic carbocycles. The summed E-state index contributed by atoms with van der Waals surface area (Å²) in [4.78, 5) is 22.9. The third-order valence-electron chi connectivity index (χ3n) is 10.1. The first-order valence-corrected chi connectivity index (χ1v) is 18.4. The van der Waals surface area contributed by atoms with Gasteiger partial charge in [0.15, 0.2) is 17.5 Å². The highest BCUT2D eigenvalue weighted by atomic mass is 15.1. The quantitative estimate of drug-likeness (QED) is 0.155.